The number of hydrogen-bond acceptors (Lipinski definition) is 0. The van der Waals surface area contributed by atoms with Crippen LogP contribution in [-0.2, 0) is 0 Å². The molecule has 2 rings (SSSR count). The van der Waals surface area contributed by atoms with Crippen LogP contribution in [0.5, 0.6) is 0 Å². The van der Waals surface area contributed by atoms with Gasteiger partial charge in [0, 0.05) is 0 Å². The topological polar surface area (TPSA) is 0 Å². The number of unbranched alkanes of at least 4 members (excludes halogenated alkanes) is 1. The van der Waals surface area contributed by atoms with E-state index in [0.717, 1.165) is 11.3 Å². The van der Waals surface area contributed by atoms with Crippen molar-refractivity contribution in [1.29, 1.82) is 0 Å². The van der Waals surface area contributed by atoms with Crippen LogP contribution in [0.1, 0.15) is 91.4 Å². The first-order chi connectivity index (χ1) is 7.79. The Labute approximate surface area is 103 Å². The van der Waals surface area contributed by atoms with Crippen molar-refractivity contribution in [2.24, 2.45) is 11.3 Å². The first-order valence-electron chi connectivity index (χ1n) is 7.79. The third-order valence-corrected chi connectivity index (χ3v) is 4.68. The minimum atomic E-state index is 0.750. The zero-order valence-corrected chi connectivity index (χ0v) is 11.9. The van der Waals surface area contributed by atoms with Crippen LogP contribution in [0, 0.1) is 11.3 Å². The second-order valence-electron chi connectivity index (χ2n) is 6.06. The van der Waals surface area contributed by atoms with Gasteiger partial charge in [0.05, 0.1) is 0 Å². The molecule has 0 saturated heterocycles. The van der Waals surface area contributed by atoms with Gasteiger partial charge in [0.15, 0.2) is 0 Å². The third kappa shape index (κ3) is 4.47. The summed E-state index contributed by atoms with van der Waals surface area (Å²) in [4.78, 5) is 0. The van der Waals surface area contributed by atoms with Gasteiger partial charge in [0.1, 0.15) is 0 Å². The maximum atomic E-state index is 2.52. The van der Waals surface area contributed by atoms with Gasteiger partial charge in [-0.1, -0.05) is 72.1 Å². The fourth-order valence-electron chi connectivity index (χ4n) is 3.24. The summed E-state index contributed by atoms with van der Waals surface area (Å²) in [5, 5.41) is 0. The van der Waals surface area contributed by atoms with Crippen LogP contribution in [-0.4, -0.2) is 0 Å². The highest BCUT2D eigenvalue weighted by molar-refractivity contribution is 4.80. The minimum Gasteiger partial charge on any atom is -0.0683 e. The van der Waals surface area contributed by atoms with Gasteiger partial charge in [-0.3, -0.25) is 0 Å². The van der Waals surface area contributed by atoms with Crippen molar-refractivity contribution < 1.29 is 0 Å². The molecule has 0 aromatic rings. The Bertz CT molecular complexity index is 161. The van der Waals surface area contributed by atoms with E-state index in [1.807, 2.05) is 13.8 Å². The molecule has 0 heterocycles. The van der Waals surface area contributed by atoms with Gasteiger partial charge >= 0.3 is 0 Å². The third-order valence-electron chi connectivity index (χ3n) is 4.68. The van der Waals surface area contributed by atoms with E-state index >= 15 is 0 Å². The van der Waals surface area contributed by atoms with Gasteiger partial charge in [0.25, 0.3) is 0 Å². The summed E-state index contributed by atoms with van der Waals surface area (Å²) in [6.07, 6.45) is 16.7. The molecule has 0 unspecified atom stereocenters. The molecule has 2 saturated carbocycles. The van der Waals surface area contributed by atoms with Crippen molar-refractivity contribution in [2.75, 3.05) is 0 Å². The van der Waals surface area contributed by atoms with Gasteiger partial charge in [0.2, 0.25) is 0 Å². The SMILES string of the molecule is CC.CC1(CCCCC2CCC2)CCCC1. The maximum Gasteiger partial charge on any atom is -0.0326 e. The van der Waals surface area contributed by atoms with Crippen LogP contribution in [0.3, 0.4) is 0 Å². The Morgan fingerprint density at radius 1 is 0.938 bits per heavy atom. The van der Waals surface area contributed by atoms with Crippen LogP contribution < -0.4 is 0 Å². The van der Waals surface area contributed by atoms with Gasteiger partial charge in [-0.25, -0.2) is 0 Å². The van der Waals surface area contributed by atoms with Gasteiger partial charge in [-0.2, -0.15) is 0 Å². The minimum absolute atomic E-state index is 0.750. The Morgan fingerprint density at radius 2 is 1.56 bits per heavy atom. The monoisotopic (exact) mass is 224 g/mol. The molecule has 96 valence electrons. The van der Waals surface area contributed by atoms with Crippen LogP contribution in [0.2, 0.25) is 0 Å². The zero-order chi connectivity index (χ0) is 11.9. The molecule has 2 fully saturated rings. The summed E-state index contributed by atoms with van der Waals surface area (Å²) >= 11 is 0. The van der Waals surface area contributed by atoms with Crippen molar-refractivity contribution in [1.82, 2.24) is 0 Å². The van der Waals surface area contributed by atoms with Crippen LogP contribution in [0.4, 0.5) is 0 Å². The Hall–Kier alpha value is 0. The Kier molecular flexibility index (Phi) is 6.46. The largest absolute Gasteiger partial charge is 0.0683 e. The second kappa shape index (κ2) is 7.35. The lowest BCUT2D eigenvalue weighted by Gasteiger charge is -2.27. The molecule has 0 heteroatoms. The molecule has 0 bridgehead atoms. The summed E-state index contributed by atoms with van der Waals surface area (Å²) in [7, 11) is 0. The first-order valence-corrected chi connectivity index (χ1v) is 7.79. The van der Waals surface area contributed by atoms with Crippen molar-refractivity contribution in [3.05, 3.63) is 0 Å². The summed E-state index contributed by atoms with van der Waals surface area (Å²) in [5.41, 5.74) is 0.750. The van der Waals surface area contributed by atoms with E-state index in [1.54, 1.807) is 0 Å². The van der Waals surface area contributed by atoms with Gasteiger partial charge in [-0.15, -0.1) is 0 Å². The summed E-state index contributed by atoms with van der Waals surface area (Å²) in [6, 6.07) is 0. The Balaban J connectivity index is 0.000000606. The summed E-state index contributed by atoms with van der Waals surface area (Å²) < 4.78 is 0. The molecule has 2 aliphatic rings. The maximum absolute atomic E-state index is 2.52. The highest BCUT2D eigenvalue weighted by atomic mass is 14.3. The van der Waals surface area contributed by atoms with E-state index in [0.29, 0.717) is 0 Å². The summed E-state index contributed by atoms with van der Waals surface area (Å²) in [6.45, 7) is 6.52. The molecular weight excluding hydrogens is 192 g/mol. The van der Waals surface area contributed by atoms with Crippen molar-refractivity contribution >= 4 is 0 Å². The smallest absolute Gasteiger partial charge is 0.0326 e. The predicted octanol–water partition coefficient (Wildman–Crippen LogP) is 5.95. The molecule has 0 aromatic carbocycles. The van der Waals surface area contributed by atoms with Crippen molar-refractivity contribution in [3.63, 3.8) is 0 Å². The lowest BCUT2D eigenvalue weighted by Crippen LogP contribution is -2.12. The van der Waals surface area contributed by atoms with Crippen LogP contribution in [0.25, 0.3) is 0 Å². The van der Waals surface area contributed by atoms with E-state index in [1.165, 1.54) is 70.6 Å². The molecule has 0 amide bonds. The molecule has 0 atom stereocenters. The summed E-state index contributed by atoms with van der Waals surface area (Å²) in [5.74, 6) is 1.13. The highest BCUT2D eigenvalue weighted by Gasteiger charge is 2.27. The molecule has 0 aromatic heterocycles. The fourth-order valence-corrected chi connectivity index (χ4v) is 3.24. The van der Waals surface area contributed by atoms with E-state index in [-0.39, 0.29) is 0 Å². The molecule has 0 radical (unpaired) electrons. The van der Waals surface area contributed by atoms with Crippen LogP contribution >= 0.6 is 0 Å². The van der Waals surface area contributed by atoms with Crippen molar-refractivity contribution in [3.8, 4) is 0 Å². The lowest BCUT2D eigenvalue weighted by molar-refractivity contribution is 0.261. The molecule has 0 N–H and O–H groups in total. The zero-order valence-electron chi connectivity index (χ0n) is 11.9. The lowest BCUT2D eigenvalue weighted by atomic mass is 9.79. The fraction of sp³-hybridized carbons (Fsp3) is 1.00. The van der Waals surface area contributed by atoms with E-state index < -0.39 is 0 Å². The van der Waals surface area contributed by atoms with E-state index in [2.05, 4.69) is 6.92 Å². The number of hydrogen-bond donors (Lipinski definition) is 0. The first kappa shape index (κ1) is 14.1. The highest BCUT2D eigenvalue weighted by Crippen LogP contribution is 2.42. The average molecular weight is 224 g/mol. The average Bonchev–Trinajstić information content (AvgIpc) is 2.66. The standard InChI is InChI=1S/C14H26.C2H6/c1-14(11-4-5-12-14)10-3-2-7-13-8-6-9-13;1-2/h13H,2-12H2,1H3;1-2H3. The predicted molar refractivity (Wildman–Crippen MR) is 73.7 cm³/mol. The molecule has 2 aliphatic carbocycles. The quantitative estimate of drug-likeness (QED) is 0.506. The molecule has 0 nitrogen and oxygen atoms in total. The van der Waals surface area contributed by atoms with E-state index in [4.69, 9.17) is 0 Å². The normalized spacial score (nSPS) is 23.4. The number of rotatable bonds is 5. The Morgan fingerprint density at radius 3 is 2.06 bits per heavy atom. The molecule has 16 heavy (non-hydrogen) atoms. The van der Waals surface area contributed by atoms with Gasteiger partial charge < -0.3 is 0 Å². The second-order valence-corrected chi connectivity index (χ2v) is 6.06. The molecule has 0 aliphatic heterocycles. The molecule has 0 spiro atoms. The van der Waals surface area contributed by atoms with Crippen LogP contribution in [0.15, 0.2) is 0 Å². The van der Waals surface area contributed by atoms with Crippen molar-refractivity contribution in [2.45, 2.75) is 91.4 Å². The molecular formula is C16H32. The van der Waals surface area contributed by atoms with E-state index in [9.17, 15) is 0 Å². The van der Waals surface area contributed by atoms with Gasteiger partial charge in [-0.05, 0) is 30.6 Å².